The van der Waals surface area contributed by atoms with Gasteiger partial charge in [0.2, 0.25) is 11.8 Å². The average Bonchev–Trinajstić information content (AvgIpc) is 3.21. The van der Waals surface area contributed by atoms with Crippen LogP contribution >= 0.6 is 0 Å². The lowest BCUT2D eigenvalue weighted by atomic mass is 9.33. The number of hydrogen-bond donors (Lipinski definition) is 3. The van der Waals surface area contributed by atoms with E-state index in [4.69, 9.17) is 0 Å². The second kappa shape index (κ2) is 22.1. The number of carbonyl (C=O) groups excluding carboxylic acids is 2. The van der Waals surface area contributed by atoms with E-state index < -0.39 is 0 Å². The van der Waals surface area contributed by atoms with Gasteiger partial charge in [0.1, 0.15) is 0 Å². The van der Waals surface area contributed by atoms with E-state index in [9.17, 15) is 14.7 Å². The van der Waals surface area contributed by atoms with Crippen molar-refractivity contribution < 1.29 is 14.7 Å². The van der Waals surface area contributed by atoms with Crippen LogP contribution in [0.2, 0.25) is 0 Å². The molecular formula is C55H88N2O3. The zero-order valence-electron chi connectivity index (χ0n) is 39.5. The molecule has 5 nitrogen and oxygen atoms in total. The molecule has 3 N–H and O–H groups in total. The zero-order chi connectivity index (χ0) is 43.3. The van der Waals surface area contributed by atoms with Gasteiger partial charge in [0.05, 0.1) is 11.5 Å². The minimum atomic E-state index is -0.275. The standard InChI is InChI=1S/C55H88N2O3/c1-8-9-10-11-12-13-14-15-16-17-18-19-20-21-22-23-26-31-48(59)56-41-27-24-25-28-42-57-50(60)55-36-29-30-43(2)49(55)44-32-33-46-52(5)37-35-47(58)51(3,4)45(52)34-38-54(46,7)53(44,6)39-40-55/h9-10,12-13,15-16,18-19,21-22,32,43,45-47,49,58H,8,11,14,17,20,23-31,33-42H2,1-7H3,(H,56,59)(H,57,60). The molecule has 9 unspecified atom stereocenters. The van der Waals surface area contributed by atoms with E-state index in [-0.39, 0.29) is 39.1 Å². The Morgan fingerprint density at radius 1 is 0.700 bits per heavy atom. The molecule has 0 aromatic carbocycles. The van der Waals surface area contributed by atoms with E-state index in [1.165, 1.54) is 19.3 Å². The first kappa shape index (κ1) is 48.4. The number of hydrogen-bond acceptors (Lipinski definition) is 3. The van der Waals surface area contributed by atoms with Crippen LogP contribution < -0.4 is 10.6 Å². The third-order valence-corrected chi connectivity index (χ3v) is 17.4. The number of carbonyl (C=O) groups is 2. The number of amides is 2. The van der Waals surface area contributed by atoms with Crippen LogP contribution in [0.15, 0.2) is 72.4 Å². The lowest BCUT2D eigenvalue weighted by Gasteiger charge is -2.71. The van der Waals surface area contributed by atoms with Crippen molar-refractivity contribution >= 4 is 11.8 Å². The second-order valence-corrected chi connectivity index (χ2v) is 21.3. The van der Waals surface area contributed by atoms with Gasteiger partial charge >= 0.3 is 0 Å². The molecule has 0 aliphatic heterocycles. The molecule has 2 amide bonds. The Balaban J connectivity index is 0.978. The lowest BCUT2D eigenvalue weighted by Crippen LogP contribution is -2.65. The Labute approximate surface area is 367 Å². The van der Waals surface area contributed by atoms with Crippen molar-refractivity contribution in [2.75, 3.05) is 13.1 Å². The van der Waals surface area contributed by atoms with Gasteiger partial charge in [-0.3, -0.25) is 9.59 Å². The third-order valence-electron chi connectivity index (χ3n) is 17.4. The van der Waals surface area contributed by atoms with Crippen LogP contribution in [0.5, 0.6) is 0 Å². The SMILES string of the molecule is CCC=CCC=CCC=CCC=CCC=CCCCC(=O)NCCCCCCNC(=O)C12CCCC(C)C1C1=CCC3C4(C)CCC(O)C(C)(C)C4CCC3(C)C1(C)CC2. The summed E-state index contributed by atoms with van der Waals surface area (Å²) < 4.78 is 0. The summed E-state index contributed by atoms with van der Waals surface area (Å²) in [6.45, 7) is 18.6. The van der Waals surface area contributed by atoms with Gasteiger partial charge in [-0.2, -0.15) is 0 Å². The minimum Gasteiger partial charge on any atom is -0.393 e. The second-order valence-electron chi connectivity index (χ2n) is 21.3. The molecule has 0 aromatic rings. The minimum absolute atomic E-state index is 0.0364. The molecule has 0 bridgehead atoms. The quantitative estimate of drug-likeness (QED) is 0.0797. The number of unbranched alkanes of at least 4 members (excludes halogenated alkanes) is 4. The molecule has 5 aliphatic carbocycles. The van der Waals surface area contributed by atoms with Crippen molar-refractivity contribution in [1.82, 2.24) is 10.6 Å². The van der Waals surface area contributed by atoms with Crippen LogP contribution in [0.1, 0.15) is 190 Å². The van der Waals surface area contributed by atoms with E-state index in [0.29, 0.717) is 36.0 Å². The highest BCUT2D eigenvalue weighted by Crippen LogP contribution is 2.75. The molecule has 60 heavy (non-hydrogen) atoms. The summed E-state index contributed by atoms with van der Waals surface area (Å²) in [7, 11) is 0. The Kier molecular flexibility index (Phi) is 17.8. The van der Waals surface area contributed by atoms with Gasteiger partial charge in [0.25, 0.3) is 0 Å². The maximum absolute atomic E-state index is 14.4. The largest absolute Gasteiger partial charge is 0.393 e. The average molecular weight is 825 g/mol. The van der Waals surface area contributed by atoms with Crippen LogP contribution in [-0.4, -0.2) is 36.1 Å². The van der Waals surface area contributed by atoms with Gasteiger partial charge in [-0.1, -0.05) is 147 Å². The number of aliphatic hydroxyl groups is 1. The fraction of sp³-hybridized carbons (Fsp3) is 0.745. The first-order chi connectivity index (χ1) is 28.8. The molecule has 5 rings (SSSR count). The molecule has 0 spiro atoms. The van der Waals surface area contributed by atoms with Crippen molar-refractivity contribution in [3.8, 4) is 0 Å². The first-order valence-electron chi connectivity index (χ1n) is 25.0. The summed E-state index contributed by atoms with van der Waals surface area (Å²) in [6.07, 6.45) is 47.3. The fourth-order valence-electron chi connectivity index (χ4n) is 13.8. The summed E-state index contributed by atoms with van der Waals surface area (Å²) in [5, 5.41) is 17.7. The van der Waals surface area contributed by atoms with Gasteiger partial charge in [-0.25, -0.2) is 0 Å². The van der Waals surface area contributed by atoms with Gasteiger partial charge in [0, 0.05) is 19.5 Å². The van der Waals surface area contributed by atoms with Crippen molar-refractivity contribution in [3.05, 3.63) is 72.4 Å². The van der Waals surface area contributed by atoms with E-state index in [1.54, 1.807) is 5.57 Å². The molecule has 0 heterocycles. The Morgan fingerprint density at radius 2 is 1.32 bits per heavy atom. The highest BCUT2D eigenvalue weighted by Gasteiger charge is 2.69. The van der Waals surface area contributed by atoms with Crippen molar-refractivity contribution in [2.45, 2.75) is 196 Å². The van der Waals surface area contributed by atoms with Crippen LogP contribution in [0.25, 0.3) is 0 Å². The smallest absolute Gasteiger partial charge is 0.226 e. The maximum atomic E-state index is 14.4. The molecule has 4 saturated carbocycles. The normalized spacial score (nSPS) is 35.1. The third kappa shape index (κ3) is 10.7. The molecule has 0 saturated heterocycles. The predicted molar refractivity (Wildman–Crippen MR) is 253 cm³/mol. The summed E-state index contributed by atoms with van der Waals surface area (Å²) >= 11 is 0. The number of nitrogens with one attached hydrogen (secondary N) is 2. The Bertz CT molecular complexity index is 1580. The van der Waals surface area contributed by atoms with Crippen LogP contribution in [0, 0.1) is 50.7 Å². The number of aliphatic hydroxyl groups excluding tert-OH is 1. The predicted octanol–water partition coefficient (Wildman–Crippen LogP) is 13.5. The highest BCUT2D eigenvalue weighted by atomic mass is 16.3. The van der Waals surface area contributed by atoms with E-state index in [1.807, 2.05) is 0 Å². The number of rotatable bonds is 21. The Hall–Kier alpha value is -2.66. The van der Waals surface area contributed by atoms with Crippen molar-refractivity contribution in [1.29, 1.82) is 0 Å². The monoisotopic (exact) mass is 825 g/mol. The molecular weight excluding hydrogens is 737 g/mol. The molecule has 9 atom stereocenters. The van der Waals surface area contributed by atoms with Gasteiger partial charge in [0.15, 0.2) is 0 Å². The van der Waals surface area contributed by atoms with E-state index in [0.717, 1.165) is 129 Å². The topological polar surface area (TPSA) is 78.4 Å². The van der Waals surface area contributed by atoms with Gasteiger partial charge < -0.3 is 15.7 Å². The molecule has 5 aliphatic rings. The number of allylic oxidation sites excluding steroid dienone is 12. The highest BCUT2D eigenvalue weighted by molar-refractivity contribution is 5.84. The van der Waals surface area contributed by atoms with Crippen molar-refractivity contribution in [3.63, 3.8) is 0 Å². The summed E-state index contributed by atoms with van der Waals surface area (Å²) in [6, 6.07) is 0. The molecule has 0 aromatic heterocycles. The fourth-order valence-corrected chi connectivity index (χ4v) is 13.8. The zero-order valence-corrected chi connectivity index (χ0v) is 39.5. The Morgan fingerprint density at radius 3 is 1.97 bits per heavy atom. The van der Waals surface area contributed by atoms with Crippen LogP contribution in [0.4, 0.5) is 0 Å². The maximum Gasteiger partial charge on any atom is 0.226 e. The first-order valence-corrected chi connectivity index (χ1v) is 25.0. The van der Waals surface area contributed by atoms with Gasteiger partial charge in [-0.15, -0.1) is 0 Å². The number of fused-ring (bicyclic) bond motifs is 7. The van der Waals surface area contributed by atoms with Crippen molar-refractivity contribution in [2.24, 2.45) is 50.7 Å². The molecule has 0 radical (unpaired) electrons. The summed E-state index contributed by atoms with van der Waals surface area (Å²) in [5.41, 5.74) is 1.91. The van der Waals surface area contributed by atoms with Crippen LogP contribution in [-0.2, 0) is 9.59 Å². The van der Waals surface area contributed by atoms with E-state index in [2.05, 4.69) is 126 Å². The lowest BCUT2D eigenvalue weighted by molar-refractivity contribution is -0.203. The summed E-state index contributed by atoms with van der Waals surface area (Å²) in [4.78, 5) is 26.8. The molecule has 4 fully saturated rings. The summed E-state index contributed by atoms with van der Waals surface area (Å²) in [5.74, 6) is 2.53. The van der Waals surface area contributed by atoms with Gasteiger partial charge in [-0.05, 0) is 154 Å². The molecule has 5 heteroatoms. The van der Waals surface area contributed by atoms with Crippen LogP contribution in [0.3, 0.4) is 0 Å². The van der Waals surface area contributed by atoms with E-state index >= 15 is 0 Å². The molecule has 336 valence electrons.